The number of thioether (sulfide) groups is 2. The van der Waals surface area contributed by atoms with E-state index in [2.05, 4.69) is 5.32 Å². The molecule has 0 aromatic rings. The van der Waals surface area contributed by atoms with Crippen LogP contribution in [-0.4, -0.2) is 46.0 Å². The van der Waals surface area contributed by atoms with Crippen LogP contribution in [0.1, 0.15) is 0 Å². The first-order valence-corrected chi connectivity index (χ1v) is 6.21. The van der Waals surface area contributed by atoms with Crippen molar-refractivity contribution < 1.29 is 9.59 Å². The van der Waals surface area contributed by atoms with Crippen LogP contribution in [0.5, 0.6) is 0 Å². The highest BCUT2D eigenvalue weighted by molar-refractivity contribution is 8.14. The van der Waals surface area contributed by atoms with Crippen LogP contribution in [0.2, 0.25) is 0 Å². The molecule has 0 saturated carbocycles. The topological polar surface area (TPSA) is 49.4 Å². The van der Waals surface area contributed by atoms with Crippen molar-refractivity contribution in [3.8, 4) is 0 Å². The third kappa shape index (κ3) is 1.94. The number of nitrogens with one attached hydrogen (secondary N) is 1. The highest BCUT2D eigenvalue weighted by Gasteiger charge is 2.32. The molecule has 0 aromatic carbocycles. The summed E-state index contributed by atoms with van der Waals surface area (Å²) < 4.78 is 0. The Hall–Kier alpha value is -0.360. The van der Waals surface area contributed by atoms with Gasteiger partial charge in [-0.25, -0.2) is 0 Å². The molecule has 0 spiro atoms. The molecule has 4 nitrogen and oxygen atoms in total. The number of hydrogen-bond donors (Lipinski definition) is 1. The molecule has 0 aliphatic carbocycles. The minimum Gasteiger partial charge on any atom is -0.334 e. The quantitative estimate of drug-likeness (QED) is 0.689. The van der Waals surface area contributed by atoms with Crippen LogP contribution in [0.25, 0.3) is 0 Å². The summed E-state index contributed by atoms with van der Waals surface area (Å²) in [4.78, 5) is 24.3. The minimum absolute atomic E-state index is 0.0725. The molecule has 0 radical (unpaired) electrons. The summed E-state index contributed by atoms with van der Waals surface area (Å²) in [5.41, 5.74) is 0. The average molecular weight is 218 g/mol. The zero-order valence-corrected chi connectivity index (χ0v) is 8.62. The number of hydrogen-bond acceptors (Lipinski definition) is 4. The fraction of sp³-hybridized carbons (Fsp3) is 0.714. The van der Waals surface area contributed by atoms with Crippen LogP contribution in [0.15, 0.2) is 0 Å². The number of carbonyl (C=O) groups is 2. The highest BCUT2D eigenvalue weighted by atomic mass is 32.2. The van der Waals surface area contributed by atoms with Crippen LogP contribution < -0.4 is 5.32 Å². The van der Waals surface area contributed by atoms with E-state index in [4.69, 9.17) is 0 Å². The lowest BCUT2D eigenvalue weighted by atomic mass is 10.3. The maximum absolute atomic E-state index is 11.7. The molecule has 1 atom stereocenters. The third-order valence-corrected chi connectivity index (χ3v) is 3.88. The molecule has 1 N–H and O–H groups in total. The van der Waals surface area contributed by atoms with Gasteiger partial charge in [0.25, 0.3) is 5.24 Å². The van der Waals surface area contributed by atoms with Gasteiger partial charge < -0.3 is 10.2 Å². The van der Waals surface area contributed by atoms with Gasteiger partial charge in [-0.15, -0.1) is 11.8 Å². The average Bonchev–Trinajstić information content (AvgIpc) is 2.72. The Balaban J connectivity index is 1.92. The van der Waals surface area contributed by atoms with Gasteiger partial charge in [0.05, 0.1) is 5.88 Å². The van der Waals surface area contributed by atoms with Gasteiger partial charge in [0, 0.05) is 18.1 Å². The standard InChI is InChI=1S/C7H10N2O2S2/c10-6(9-1-2-12-4-9)5-3-13-7(11)8-5/h5H,1-4H2,(H,8,11). The lowest BCUT2D eigenvalue weighted by Crippen LogP contribution is -2.44. The van der Waals surface area contributed by atoms with Crippen molar-refractivity contribution in [3.63, 3.8) is 0 Å². The zero-order valence-electron chi connectivity index (χ0n) is 6.99. The second kappa shape index (κ2) is 3.79. The van der Waals surface area contributed by atoms with Crippen molar-refractivity contribution in [1.82, 2.24) is 10.2 Å². The molecular formula is C7H10N2O2S2. The van der Waals surface area contributed by atoms with E-state index in [1.165, 1.54) is 11.8 Å². The Kier molecular flexibility index (Phi) is 2.69. The van der Waals surface area contributed by atoms with E-state index in [0.717, 1.165) is 18.2 Å². The molecule has 2 rings (SSSR count). The molecule has 0 bridgehead atoms. The molecule has 2 fully saturated rings. The maximum atomic E-state index is 11.7. The van der Waals surface area contributed by atoms with Crippen molar-refractivity contribution in [3.05, 3.63) is 0 Å². The molecule has 2 aliphatic rings. The summed E-state index contributed by atoms with van der Waals surface area (Å²) in [6, 6.07) is -0.281. The van der Waals surface area contributed by atoms with Gasteiger partial charge in [-0.2, -0.15) is 0 Å². The van der Waals surface area contributed by atoms with Gasteiger partial charge in [0.2, 0.25) is 5.91 Å². The summed E-state index contributed by atoms with van der Waals surface area (Å²) in [6.45, 7) is 0.820. The Morgan fingerprint density at radius 2 is 2.46 bits per heavy atom. The van der Waals surface area contributed by atoms with Crippen LogP contribution in [0.3, 0.4) is 0 Å². The minimum atomic E-state index is -0.281. The summed E-state index contributed by atoms with van der Waals surface area (Å²) in [6.07, 6.45) is 0. The third-order valence-electron chi connectivity index (χ3n) is 2.04. The van der Waals surface area contributed by atoms with Gasteiger partial charge in [-0.05, 0) is 0 Å². The summed E-state index contributed by atoms with van der Waals surface area (Å²) >= 11 is 2.94. The molecule has 2 saturated heterocycles. The van der Waals surface area contributed by atoms with Gasteiger partial charge in [0.1, 0.15) is 6.04 Å². The molecule has 0 aromatic heterocycles. The van der Waals surface area contributed by atoms with Gasteiger partial charge in [-0.3, -0.25) is 9.59 Å². The normalized spacial score (nSPS) is 27.8. The van der Waals surface area contributed by atoms with Gasteiger partial charge in [0.15, 0.2) is 0 Å². The second-order valence-corrected chi connectivity index (χ2v) is 5.00. The smallest absolute Gasteiger partial charge is 0.279 e. The van der Waals surface area contributed by atoms with Crippen molar-refractivity contribution in [2.75, 3.05) is 23.9 Å². The number of rotatable bonds is 1. The second-order valence-electron chi connectivity index (χ2n) is 2.93. The molecular weight excluding hydrogens is 208 g/mol. The monoisotopic (exact) mass is 218 g/mol. The Bertz CT molecular complexity index is 241. The maximum Gasteiger partial charge on any atom is 0.279 e. The van der Waals surface area contributed by atoms with E-state index >= 15 is 0 Å². The van der Waals surface area contributed by atoms with Gasteiger partial charge in [-0.1, -0.05) is 11.8 Å². The van der Waals surface area contributed by atoms with Crippen molar-refractivity contribution in [2.45, 2.75) is 6.04 Å². The first kappa shape index (κ1) is 9.21. The van der Waals surface area contributed by atoms with Crippen molar-refractivity contribution in [1.29, 1.82) is 0 Å². The number of amides is 2. The molecule has 2 amide bonds. The predicted octanol–water partition coefficient (Wildman–Crippen LogP) is 0.344. The van der Waals surface area contributed by atoms with Gasteiger partial charge >= 0.3 is 0 Å². The van der Waals surface area contributed by atoms with E-state index in [1.54, 1.807) is 11.8 Å². The Morgan fingerprint density at radius 1 is 1.62 bits per heavy atom. The fourth-order valence-electron chi connectivity index (χ4n) is 1.33. The number of carbonyl (C=O) groups excluding carboxylic acids is 2. The highest BCUT2D eigenvalue weighted by Crippen LogP contribution is 2.19. The lowest BCUT2D eigenvalue weighted by molar-refractivity contribution is -0.130. The zero-order chi connectivity index (χ0) is 9.26. The van der Waals surface area contributed by atoms with E-state index < -0.39 is 0 Å². The molecule has 6 heteroatoms. The molecule has 13 heavy (non-hydrogen) atoms. The first-order valence-electron chi connectivity index (χ1n) is 4.07. The lowest BCUT2D eigenvalue weighted by Gasteiger charge is -2.18. The molecule has 1 unspecified atom stereocenters. The van der Waals surface area contributed by atoms with Crippen LogP contribution in [0.4, 0.5) is 4.79 Å². The number of nitrogens with zero attached hydrogens (tertiary/aromatic N) is 1. The van der Waals surface area contributed by atoms with Crippen molar-refractivity contribution in [2.24, 2.45) is 0 Å². The predicted molar refractivity (Wildman–Crippen MR) is 53.8 cm³/mol. The van der Waals surface area contributed by atoms with Crippen LogP contribution >= 0.6 is 23.5 Å². The van der Waals surface area contributed by atoms with Crippen molar-refractivity contribution >= 4 is 34.7 Å². The Labute approximate surface area is 84.8 Å². The molecule has 2 heterocycles. The van der Waals surface area contributed by atoms with Crippen LogP contribution in [0, 0.1) is 0 Å². The van der Waals surface area contributed by atoms with E-state index in [-0.39, 0.29) is 17.2 Å². The largest absolute Gasteiger partial charge is 0.334 e. The summed E-state index contributed by atoms with van der Waals surface area (Å²) in [7, 11) is 0. The molecule has 2 aliphatic heterocycles. The Morgan fingerprint density at radius 3 is 3.00 bits per heavy atom. The summed E-state index contributed by atoms with van der Waals surface area (Å²) in [5, 5.41) is 2.58. The molecule has 72 valence electrons. The van der Waals surface area contributed by atoms with E-state index in [0.29, 0.717) is 5.75 Å². The van der Waals surface area contributed by atoms with Crippen LogP contribution in [-0.2, 0) is 4.79 Å². The first-order chi connectivity index (χ1) is 6.27. The fourth-order valence-corrected chi connectivity index (χ4v) is 3.05. The summed E-state index contributed by atoms with van der Waals surface area (Å²) in [5.74, 6) is 2.44. The van der Waals surface area contributed by atoms with E-state index in [1.807, 2.05) is 4.90 Å². The van der Waals surface area contributed by atoms with E-state index in [9.17, 15) is 9.59 Å². The SMILES string of the molecule is O=C1NC(C(=O)N2CCSC2)CS1.